The van der Waals surface area contributed by atoms with E-state index < -0.39 is 0 Å². The first kappa shape index (κ1) is 18.4. The number of hydrogen-bond donors (Lipinski definition) is 0. The Morgan fingerprint density at radius 1 is 1.18 bits per heavy atom. The molecule has 1 aliphatic rings. The van der Waals surface area contributed by atoms with Crippen LogP contribution in [0, 0.1) is 0 Å². The molecule has 1 aliphatic heterocycles. The lowest BCUT2D eigenvalue weighted by Crippen LogP contribution is -2.02. The fourth-order valence-corrected chi connectivity index (χ4v) is 3.38. The standard InChI is InChI=1S/C20H18N2O5S/c1-24-19(23)13-2-5-16(6-3-13)25-10-11-28-20-22-21-18(27-20)15-4-7-17-14(12-15)8-9-26-17/h2-7,12H,8-11H2,1H3. The van der Waals surface area contributed by atoms with Crippen molar-refractivity contribution in [2.45, 2.75) is 11.6 Å². The predicted octanol–water partition coefficient (Wildman–Crippen LogP) is 3.63. The third-order valence-electron chi connectivity index (χ3n) is 4.20. The lowest BCUT2D eigenvalue weighted by Gasteiger charge is -2.05. The first-order valence-electron chi connectivity index (χ1n) is 8.76. The van der Waals surface area contributed by atoms with Crippen LogP contribution >= 0.6 is 11.8 Å². The van der Waals surface area contributed by atoms with Crippen molar-refractivity contribution in [1.29, 1.82) is 0 Å². The molecule has 4 rings (SSSR count). The van der Waals surface area contributed by atoms with E-state index in [1.54, 1.807) is 24.3 Å². The number of carbonyl (C=O) groups is 1. The molecule has 8 heteroatoms. The van der Waals surface area contributed by atoms with Gasteiger partial charge in [0.2, 0.25) is 5.89 Å². The van der Waals surface area contributed by atoms with Crippen LogP contribution in [0.1, 0.15) is 15.9 Å². The molecule has 0 aliphatic carbocycles. The summed E-state index contributed by atoms with van der Waals surface area (Å²) in [4.78, 5) is 11.4. The van der Waals surface area contributed by atoms with Gasteiger partial charge in [0.15, 0.2) is 0 Å². The molecular formula is C20H18N2O5S. The Morgan fingerprint density at radius 2 is 2.04 bits per heavy atom. The minimum atomic E-state index is -0.370. The highest BCUT2D eigenvalue weighted by atomic mass is 32.2. The second-order valence-electron chi connectivity index (χ2n) is 6.01. The maximum atomic E-state index is 11.4. The van der Waals surface area contributed by atoms with Crippen LogP contribution in [0.3, 0.4) is 0 Å². The summed E-state index contributed by atoms with van der Waals surface area (Å²) in [7, 11) is 1.35. The Hall–Kier alpha value is -3.00. The Bertz CT molecular complexity index is 971. The summed E-state index contributed by atoms with van der Waals surface area (Å²) in [5.41, 5.74) is 2.54. The number of fused-ring (bicyclic) bond motifs is 1. The number of benzene rings is 2. The van der Waals surface area contributed by atoms with Crippen molar-refractivity contribution in [3.63, 3.8) is 0 Å². The molecule has 0 saturated carbocycles. The maximum absolute atomic E-state index is 11.4. The van der Waals surface area contributed by atoms with E-state index >= 15 is 0 Å². The number of carbonyl (C=O) groups excluding carboxylic acids is 1. The van der Waals surface area contributed by atoms with Crippen LogP contribution in [0.15, 0.2) is 52.1 Å². The number of nitrogens with zero attached hydrogens (tertiary/aromatic N) is 2. The van der Waals surface area contributed by atoms with Gasteiger partial charge in [-0.1, -0.05) is 11.8 Å². The molecule has 7 nitrogen and oxygen atoms in total. The van der Waals surface area contributed by atoms with Gasteiger partial charge in [0.25, 0.3) is 5.22 Å². The molecule has 1 aromatic heterocycles. The Morgan fingerprint density at radius 3 is 2.86 bits per heavy atom. The second kappa shape index (κ2) is 8.35. The van der Waals surface area contributed by atoms with Crippen LogP contribution in [-0.4, -0.2) is 42.2 Å². The minimum Gasteiger partial charge on any atom is -0.493 e. The largest absolute Gasteiger partial charge is 0.493 e. The van der Waals surface area contributed by atoms with Gasteiger partial charge in [-0.2, -0.15) is 0 Å². The molecule has 28 heavy (non-hydrogen) atoms. The van der Waals surface area contributed by atoms with Crippen molar-refractivity contribution in [3.8, 4) is 23.0 Å². The number of rotatable bonds is 7. The molecule has 0 unspecified atom stereocenters. The molecule has 2 aromatic carbocycles. The molecule has 0 fully saturated rings. The molecule has 0 saturated heterocycles. The van der Waals surface area contributed by atoms with Gasteiger partial charge in [-0.25, -0.2) is 4.79 Å². The second-order valence-corrected chi connectivity index (χ2v) is 7.05. The summed E-state index contributed by atoms with van der Waals surface area (Å²) in [6, 6.07) is 12.7. The monoisotopic (exact) mass is 398 g/mol. The average Bonchev–Trinajstić information content (AvgIpc) is 3.40. The zero-order valence-corrected chi connectivity index (χ0v) is 16.0. The van der Waals surface area contributed by atoms with E-state index in [1.165, 1.54) is 18.9 Å². The summed E-state index contributed by atoms with van der Waals surface area (Å²) in [6.45, 7) is 1.19. The molecule has 0 spiro atoms. The maximum Gasteiger partial charge on any atom is 0.337 e. The van der Waals surface area contributed by atoms with Gasteiger partial charge in [-0.15, -0.1) is 10.2 Å². The molecule has 0 radical (unpaired) electrons. The van der Waals surface area contributed by atoms with Gasteiger partial charge in [0, 0.05) is 17.7 Å². The number of aromatic nitrogens is 2. The fraction of sp³-hybridized carbons (Fsp3) is 0.250. The van der Waals surface area contributed by atoms with Crippen molar-refractivity contribution in [3.05, 3.63) is 53.6 Å². The van der Waals surface area contributed by atoms with Crippen molar-refractivity contribution in [1.82, 2.24) is 10.2 Å². The molecule has 144 valence electrons. The molecule has 3 aromatic rings. The van der Waals surface area contributed by atoms with E-state index in [0.29, 0.717) is 34.8 Å². The number of thioether (sulfide) groups is 1. The third kappa shape index (κ3) is 4.12. The van der Waals surface area contributed by atoms with E-state index in [4.69, 9.17) is 13.9 Å². The molecule has 2 heterocycles. The summed E-state index contributed by atoms with van der Waals surface area (Å²) in [5.74, 6) is 2.38. The van der Waals surface area contributed by atoms with Crippen LogP contribution in [0.5, 0.6) is 11.5 Å². The van der Waals surface area contributed by atoms with Gasteiger partial charge >= 0.3 is 5.97 Å². The SMILES string of the molecule is COC(=O)c1ccc(OCCSc2nnc(-c3ccc4c(c3)CCO4)o2)cc1. The van der Waals surface area contributed by atoms with Crippen LogP contribution in [0.4, 0.5) is 0 Å². The topological polar surface area (TPSA) is 83.7 Å². The van der Waals surface area contributed by atoms with Gasteiger partial charge < -0.3 is 18.6 Å². The summed E-state index contributed by atoms with van der Waals surface area (Å²) in [5, 5.41) is 8.70. The number of hydrogen-bond acceptors (Lipinski definition) is 8. The van der Waals surface area contributed by atoms with E-state index in [2.05, 4.69) is 14.9 Å². The molecule has 0 amide bonds. The van der Waals surface area contributed by atoms with Gasteiger partial charge in [0.1, 0.15) is 11.5 Å². The van der Waals surface area contributed by atoms with Crippen LogP contribution in [0.2, 0.25) is 0 Å². The van der Waals surface area contributed by atoms with Crippen molar-refractivity contribution < 1.29 is 23.4 Å². The van der Waals surface area contributed by atoms with Crippen LogP contribution < -0.4 is 9.47 Å². The van der Waals surface area contributed by atoms with E-state index in [9.17, 15) is 4.79 Å². The summed E-state index contributed by atoms with van der Waals surface area (Å²) >= 11 is 1.43. The molecule has 0 atom stereocenters. The number of ether oxygens (including phenoxy) is 3. The lowest BCUT2D eigenvalue weighted by atomic mass is 10.1. The fourth-order valence-electron chi connectivity index (χ4n) is 2.80. The molecular weight excluding hydrogens is 380 g/mol. The Kier molecular flexibility index (Phi) is 5.48. The first-order valence-corrected chi connectivity index (χ1v) is 9.75. The number of methoxy groups -OCH3 is 1. The molecule has 0 N–H and O–H groups in total. The van der Waals surface area contributed by atoms with Gasteiger partial charge in [0.05, 0.1) is 25.9 Å². The van der Waals surface area contributed by atoms with E-state index in [1.807, 2.05) is 18.2 Å². The normalized spacial score (nSPS) is 12.3. The number of esters is 1. The zero-order chi connectivity index (χ0) is 19.3. The highest BCUT2D eigenvalue weighted by molar-refractivity contribution is 7.99. The van der Waals surface area contributed by atoms with Crippen LogP contribution in [0.25, 0.3) is 11.5 Å². The van der Waals surface area contributed by atoms with Crippen molar-refractivity contribution in [2.24, 2.45) is 0 Å². The quantitative estimate of drug-likeness (QED) is 0.339. The minimum absolute atomic E-state index is 0.370. The van der Waals surface area contributed by atoms with Gasteiger partial charge in [-0.05, 0) is 48.0 Å². The van der Waals surface area contributed by atoms with Crippen molar-refractivity contribution in [2.75, 3.05) is 26.1 Å². The Labute approximate surface area is 166 Å². The first-order chi connectivity index (χ1) is 13.7. The zero-order valence-electron chi connectivity index (χ0n) is 15.2. The Balaban J connectivity index is 1.27. The summed E-state index contributed by atoms with van der Waals surface area (Å²) < 4.78 is 21.6. The lowest BCUT2D eigenvalue weighted by molar-refractivity contribution is 0.0600. The van der Waals surface area contributed by atoms with Gasteiger partial charge in [-0.3, -0.25) is 0 Å². The van der Waals surface area contributed by atoms with Crippen LogP contribution in [-0.2, 0) is 11.2 Å². The van der Waals surface area contributed by atoms with Crippen molar-refractivity contribution >= 4 is 17.7 Å². The van der Waals surface area contributed by atoms with E-state index in [0.717, 1.165) is 29.9 Å². The molecule has 0 bridgehead atoms. The summed E-state index contributed by atoms with van der Waals surface area (Å²) in [6.07, 6.45) is 0.900. The third-order valence-corrected chi connectivity index (χ3v) is 4.98. The van der Waals surface area contributed by atoms with E-state index in [-0.39, 0.29) is 5.97 Å². The highest BCUT2D eigenvalue weighted by Gasteiger charge is 2.15. The highest BCUT2D eigenvalue weighted by Crippen LogP contribution is 2.31. The smallest absolute Gasteiger partial charge is 0.337 e. The predicted molar refractivity (Wildman–Crippen MR) is 103 cm³/mol. The average molecular weight is 398 g/mol.